The zero-order chi connectivity index (χ0) is 9.19. The zero-order valence-corrected chi connectivity index (χ0v) is 7.15. The molecule has 0 saturated carbocycles. The first-order chi connectivity index (χ1) is 5.54. The number of pyridine rings is 1. The van der Waals surface area contributed by atoms with Crippen molar-refractivity contribution in [1.29, 1.82) is 0 Å². The summed E-state index contributed by atoms with van der Waals surface area (Å²) in [6, 6.07) is 3.38. The number of aromatic nitrogens is 1. The van der Waals surface area contributed by atoms with Crippen LogP contribution in [0.1, 0.15) is 19.5 Å². The van der Waals surface area contributed by atoms with Gasteiger partial charge in [-0.2, -0.15) is 0 Å². The maximum absolute atomic E-state index is 9.52. The molecule has 0 amide bonds. The molecular formula is C8H11BNO2. The minimum absolute atomic E-state index is 0.591. The molecule has 1 heterocycles. The van der Waals surface area contributed by atoms with Crippen molar-refractivity contribution in [1.82, 2.24) is 4.98 Å². The largest absolute Gasteiger partial charge is 0.450 e. The second-order valence-electron chi connectivity index (χ2n) is 3.16. The van der Waals surface area contributed by atoms with Crippen molar-refractivity contribution >= 4 is 12.9 Å². The summed E-state index contributed by atoms with van der Waals surface area (Å²) < 4.78 is 0. The molecule has 4 heteroatoms. The average molecular weight is 164 g/mol. The van der Waals surface area contributed by atoms with Crippen LogP contribution in [0.4, 0.5) is 0 Å². The van der Waals surface area contributed by atoms with Crippen LogP contribution in [-0.4, -0.2) is 22.6 Å². The van der Waals surface area contributed by atoms with Crippen LogP contribution in [-0.2, 0) is 5.60 Å². The summed E-state index contributed by atoms with van der Waals surface area (Å²) in [5.41, 5.74) is 0.296. The van der Waals surface area contributed by atoms with Crippen LogP contribution >= 0.6 is 0 Å². The van der Waals surface area contributed by atoms with E-state index < -0.39 is 5.60 Å². The topological polar surface area (TPSA) is 53.4 Å². The molecule has 0 fully saturated rings. The van der Waals surface area contributed by atoms with Crippen molar-refractivity contribution in [3.05, 3.63) is 24.0 Å². The normalized spacial score (nSPS) is 11.3. The van der Waals surface area contributed by atoms with E-state index in [1.807, 2.05) is 0 Å². The van der Waals surface area contributed by atoms with Gasteiger partial charge in [-0.3, -0.25) is 4.98 Å². The fourth-order valence-electron chi connectivity index (χ4n) is 0.844. The minimum Gasteiger partial charge on any atom is -0.450 e. The molecular weight excluding hydrogens is 153 g/mol. The first-order valence-electron chi connectivity index (χ1n) is 3.70. The van der Waals surface area contributed by atoms with Gasteiger partial charge in [0.2, 0.25) is 0 Å². The molecule has 1 aromatic rings. The Morgan fingerprint density at radius 2 is 2.08 bits per heavy atom. The monoisotopic (exact) mass is 164 g/mol. The van der Waals surface area contributed by atoms with Crippen LogP contribution in [0.3, 0.4) is 0 Å². The predicted molar refractivity (Wildman–Crippen MR) is 47.1 cm³/mol. The third kappa shape index (κ3) is 2.06. The Balaban J connectivity index is 2.93. The second kappa shape index (κ2) is 3.25. The molecule has 0 aliphatic rings. The van der Waals surface area contributed by atoms with Crippen molar-refractivity contribution in [2.75, 3.05) is 0 Å². The Morgan fingerprint density at radius 3 is 2.42 bits per heavy atom. The fraction of sp³-hybridized carbons (Fsp3) is 0.375. The van der Waals surface area contributed by atoms with Gasteiger partial charge < -0.3 is 10.1 Å². The lowest BCUT2D eigenvalue weighted by Crippen LogP contribution is -2.21. The van der Waals surface area contributed by atoms with Crippen molar-refractivity contribution < 1.29 is 10.1 Å². The molecule has 0 unspecified atom stereocenters. The summed E-state index contributed by atoms with van der Waals surface area (Å²) in [6.45, 7) is 3.33. The first kappa shape index (κ1) is 9.22. The average Bonchev–Trinajstić information content (AvgIpc) is 2.03. The molecule has 0 atom stereocenters. The molecule has 0 aliphatic carbocycles. The quantitative estimate of drug-likeness (QED) is 0.581. The molecule has 2 N–H and O–H groups in total. The summed E-state index contributed by atoms with van der Waals surface area (Å²) in [5.74, 6) is 0. The Bertz CT molecular complexity index is 253. The predicted octanol–water partition coefficient (Wildman–Crippen LogP) is -0.454. The van der Waals surface area contributed by atoms with Gasteiger partial charge in [-0.1, -0.05) is 6.07 Å². The number of hydrogen-bond acceptors (Lipinski definition) is 3. The second-order valence-corrected chi connectivity index (χ2v) is 3.16. The number of aliphatic hydroxyl groups is 1. The van der Waals surface area contributed by atoms with Crippen LogP contribution in [0.25, 0.3) is 0 Å². The van der Waals surface area contributed by atoms with Crippen molar-refractivity contribution in [3.8, 4) is 0 Å². The van der Waals surface area contributed by atoms with E-state index in [4.69, 9.17) is 5.02 Å². The molecule has 0 saturated heterocycles. The molecule has 63 valence electrons. The molecule has 3 nitrogen and oxygen atoms in total. The molecule has 12 heavy (non-hydrogen) atoms. The van der Waals surface area contributed by atoms with Crippen molar-refractivity contribution in [2.45, 2.75) is 19.4 Å². The van der Waals surface area contributed by atoms with Crippen LogP contribution in [0, 0.1) is 0 Å². The summed E-state index contributed by atoms with van der Waals surface area (Å²) in [6.07, 6.45) is 1.51. The molecule has 1 aromatic heterocycles. The highest BCUT2D eigenvalue weighted by Gasteiger charge is 2.16. The van der Waals surface area contributed by atoms with Gasteiger partial charge in [0.1, 0.15) is 5.60 Å². The van der Waals surface area contributed by atoms with Crippen molar-refractivity contribution in [3.63, 3.8) is 0 Å². The minimum atomic E-state index is -0.923. The van der Waals surface area contributed by atoms with Crippen LogP contribution in [0.2, 0.25) is 0 Å². The SMILES string of the molecule is CC(C)(O)c1ccc([B]O)cn1. The number of rotatable bonds is 2. The highest BCUT2D eigenvalue weighted by molar-refractivity contribution is 6.45. The Hall–Kier alpha value is -0.865. The molecule has 0 spiro atoms. The highest BCUT2D eigenvalue weighted by Crippen LogP contribution is 2.14. The van der Waals surface area contributed by atoms with Gasteiger partial charge in [0.15, 0.2) is 0 Å². The van der Waals surface area contributed by atoms with Crippen LogP contribution in [0.5, 0.6) is 0 Å². The van der Waals surface area contributed by atoms with Crippen LogP contribution in [0.15, 0.2) is 18.3 Å². The lowest BCUT2D eigenvalue weighted by molar-refractivity contribution is 0.0739. The van der Waals surface area contributed by atoms with Gasteiger partial charge in [-0.25, -0.2) is 0 Å². The Labute approximate surface area is 72.4 Å². The summed E-state index contributed by atoms with van der Waals surface area (Å²) >= 11 is 0. The standard InChI is InChI=1S/C8H11BNO2/c1-8(2,11)7-4-3-6(9-12)5-10-7/h3-5,11-12H,1-2H3. The van der Waals surface area contributed by atoms with Gasteiger partial charge in [0, 0.05) is 6.20 Å². The molecule has 1 rings (SSSR count). The lowest BCUT2D eigenvalue weighted by atomic mass is 9.90. The lowest BCUT2D eigenvalue weighted by Gasteiger charge is -2.15. The number of hydrogen-bond donors (Lipinski definition) is 2. The highest BCUT2D eigenvalue weighted by atomic mass is 16.3. The maximum atomic E-state index is 9.52. The molecule has 1 radical (unpaired) electrons. The maximum Gasteiger partial charge on any atom is 0.328 e. The van der Waals surface area contributed by atoms with Gasteiger partial charge in [0.25, 0.3) is 0 Å². The van der Waals surface area contributed by atoms with Crippen molar-refractivity contribution in [2.24, 2.45) is 0 Å². The molecule has 0 aromatic carbocycles. The van der Waals surface area contributed by atoms with Gasteiger partial charge >= 0.3 is 7.48 Å². The first-order valence-corrected chi connectivity index (χ1v) is 3.70. The summed E-state index contributed by atoms with van der Waals surface area (Å²) in [5, 5.41) is 18.1. The van der Waals surface area contributed by atoms with Gasteiger partial charge in [0.05, 0.1) is 5.69 Å². The third-order valence-electron chi connectivity index (χ3n) is 1.56. The Kier molecular flexibility index (Phi) is 2.50. The van der Waals surface area contributed by atoms with E-state index in [0.29, 0.717) is 11.2 Å². The van der Waals surface area contributed by atoms with E-state index in [-0.39, 0.29) is 0 Å². The molecule has 0 aliphatic heterocycles. The van der Waals surface area contributed by atoms with E-state index in [1.165, 1.54) is 6.20 Å². The fourth-order valence-corrected chi connectivity index (χ4v) is 0.844. The smallest absolute Gasteiger partial charge is 0.328 e. The molecule has 0 bridgehead atoms. The Morgan fingerprint density at radius 1 is 1.42 bits per heavy atom. The van der Waals surface area contributed by atoms with E-state index in [9.17, 15) is 5.11 Å². The van der Waals surface area contributed by atoms with E-state index in [2.05, 4.69) is 4.98 Å². The van der Waals surface area contributed by atoms with E-state index in [0.717, 1.165) is 7.48 Å². The summed E-state index contributed by atoms with van der Waals surface area (Å²) in [4.78, 5) is 3.98. The van der Waals surface area contributed by atoms with Gasteiger partial charge in [-0.15, -0.1) is 0 Å². The van der Waals surface area contributed by atoms with E-state index >= 15 is 0 Å². The summed E-state index contributed by atoms with van der Waals surface area (Å²) in [7, 11) is 0.973. The van der Waals surface area contributed by atoms with Gasteiger partial charge in [-0.05, 0) is 25.4 Å². The number of nitrogens with zero attached hydrogens (tertiary/aromatic N) is 1. The van der Waals surface area contributed by atoms with Crippen LogP contribution < -0.4 is 5.46 Å². The third-order valence-corrected chi connectivity index (χ3v) is 1.56. The zero-order valence-electron chi connectivity index (χ0n) is 7.15. The van der Waals surface area contributed by atoms with E-state index in [1.54, 1.807) is 26.0 Å².